The molecule has 34 heavy (non-hydrogen) atoms. The van der Waals surface area contributed by atoms with Gasteiger partial charge in [-0.15, -0.1) is 0 Å². The Bertz CT molecular complexity index is 1310. The number of amides is 2. The molecule has 0 radical (unpaired) electrons. The predicted molar refractivity (Wildman–Crippen MR) is 131 cm³/mol. The van der Waals surface area contributed by atoms with E-state index in [2.05, 4.69) is 10.6 Å². The van der Waals surface area contributed by atoms with Gasteiger partial charge in [0, 0.05) is 18.7 Å². The molecule has 4 rings (SSSR count). The fraction of sp³-hybridized carbons (Fsp3) is 0.200. The lowest BCUT2D eigenvalue weighted by molar-refractivity contribution is -0.122. The van der Waals surface area contributed by atoms with Crippen LogP contribution in [0.3, 0.4) is 0 Å². The van der Waals surface area contributed by atoms with Gasteiger partial charge in [0.2, 0.25) is 5.91 Å². The SMILES string of the molecule is Cc1ccc(N(CCC(=O)Nc2ccc3c(c2)NC(=O)C(C)O3)S(=O)(=O)c2ccccc2)cc1. The Kier molecular flexibility index (Phi) is 6.56. The fourth-order valence-electron chi connectivity index (χ4n) is 3.53. The van der Waals surface area contributed by atoms with Crippen molar-refractivity contribution in [1.29, 1.82) is 0 Å². The summed E-state index contributed by atoms with van der Waals surface area (Å²) in [5, 5.41) is 5.49. The Hall–Kier alpha value is -3.85. The van der Waals surface area contributed by atoms with Crippen LogP contribution in [0.5, 0.6) is 5.75 Å². The number of nitrogens with one attached hydrogen (secondary N) is 2. The number of hydrogen-bond donors (Lipinski definition) is 2. The van der Waals surface area contributed by atoms with E-state index in [4.69, 9.17) is 4.74 Å². The maximum absolute atomic E-state index is 13.3. The van der Waals surface area contributed by atoms with Crippen molar-refractivity contribution in [3.05, 3.63) is 78.4 Å². The van der Waals surface area contributed by atoms with E-state index in [9.17, 15) is 18.0 Å². The average Bonchev–Trinajstić information content (AvgIpc) is 2.82. The van der Waals surface area contributed by atoms with Gasteiger partial charge in [0.05, 0.1) is 16.3 Å². The molecule has 8 nitrogen and oxygen atoms in total. The average molecular weight is 480 g/mol. The van der Waals surface area contributed by atoms with Crippen LogP contribution in [0.15, 0.2) is 77.7 Å². The summed E-state index contributed by atoms with van der Waals surface area (Å²) < 4.78 is 33.5. The molecule has 176 valence electrons. The summed E-state index contributed by atoms with van der Waals surface area (Å²) in [5.41, 5.74) is 2.41. The first-order chi connectivity index (χ1) is 16.2. The molecule has 2 N–H and O–H groups in total. The molecule has 0 saturated heterocycles. The number of rotatable bonds is 7. The Labute approximate surface area is 198 Å². The summed E-state index contributed by atoms with van der Waals surface area (Å²) in [7, 11) is -3.87. The molecule has 0 bridgehead atoms. The molecule has 1 heterocycles. The van der Waals surface area contributed by atoms with Gasteiger partial charge in [0.25, 0.3) is 15.9 Å². The van der Waals surface area contributed by atoms with E-state index in [0.29, 0.717) is 22.8 Å². The topological polar surface area (TPSA) is 105 Å². The number of carbonyl (C=O) groups excluding carboxylic acids is 2. The molecule has 0 fully saturated rings. The molecule has 0 saturated carbocycles. The minimum absolute atomic E-state index is 0.0472. The Balaban J connectivity index is 1.50. The monoisotopic (exact) mass is 479 g/mol. The van der Waals surface area contributed by atoms with E-state index in [-0.39, 0.29) is 29.7 Å². The summed E-state index contributed by atoms with van der Waals surface area (Å²) in [4.78, 5) is 24.7. The lowest BCUT2D eigenvalue weighted by atomic mass is 10.2. The molecule has 3 aromatic rings. The molecule has 1 unspecified atom stereocenters. The lowest BCUT2D eigenvalue weighted by Gasteiger charge is -2.25. The second kappa shape index (κ2) is 9.56. The zero-order chi connectivity index (χ0) is 24.3. The second-order valence-electron chi connectivity index (χ2n) is 7.98. The molecule has 0 aliphatic carbocycles. The van der Waals surface area contributed by atoms with Crippen molar-refractivity contribution in [2.45, 2.75) is 31.3 Å². The van der Waals surface area contributed by atoms with Crippen molar-refractivity contribution >= 4 is 38.9 Å². The molecule has 3 aromatic carbocycles. The zero-order valence-electron chi connectivity index (χ0n) is 18.8. The van der Waals surface area contributed by atoms with Gasteiger partial charge in [-0.3, -0.25) is 13.9 Å². The van der Waals surface area contributed by atoms with Gasteiger partial charge < -0.3 is 15.4 Å². The number of anilines is 3. The van der Waals surface area contributed by atoms with Crippen LogP contribution in [0, 0.1) is 6.92 Å². The highest BCUT2D eigenvalue weighted by molar-refractivity contribution is 7.92. The van der Waals surface area contributed by atoms with Gasteiger partial charge in [-0.1, -0.05) is 35.9 Å². The molecule has 1 aliphatic rings. The Morgan fingerprint density at radius 1 is 1.06 bits per heavy atom. The summed E-state index contributed by atoms with van der Waals surface area (Å²) in [6.07, 6.45) is -0.663. The highest BCUT2D eigenvalue weighted by Crippen LogP contribution is 2.32. The number of carbonyl (C=O) groups is 2. The van der Waals surface area contributed by atoms with Crippen LogP contribution >= 0.6 is 0 Å². The van der Waals surface area contributed by atoms with Crippen LogP contribution in [-0.4, -0.2) is 32.9 Å². The van der Waals surface area contributed by atoms with Crippen molar-refractivity contribution in [3.8, 4) is 5.75 Å². The largest absolute Gasteiger partial charge is 0.479 e. The van der Waals surface area contributed by atoms with Gasteiger partial charge >= 0.3 is 0 Å². The fourth-order valence-corrected chi connectivity index (χ4v) is 5.02. The lowest BCUT2D eigenvalue weighted by Crippen LogP contribution is -2.34. The number of sulfonamides is 1. The number of fused-ring (bicyclic) bond motifs is 1. The maximum atomic E-state index is 13.3. The summed E-state index contributed by atoms with van der Waals surface area (Å²) in [6.45, 7) is 3.52. The van der Waals surface area contributed by atoms with Crippen LogP contribution in [0.1, 0.15) is 18.9 Å². The van der Waals surface area contributed by atoms with Gasteiger partial charge in [0.15, 0.2) is 6.10 Å². The smallest absolute Gasteiger partial charge is 0.265 e. The maximum Gasteiger partial charge on any atom is 0.265 e. The van der Waals surface area contributed by atoms with E-state index in [1.54, 1.807) is 55.5 Å². The molecule has 2 amide bonds. The van der Waals surface area contributed by atoms with E-state index < -0.39 is 16.1 Å². The van der Waals surface area contributed by atoms with Crippen molar-refractivity contribution in [2.75, 3.05) is 21.5 Å². The van der Waals surface area contributed by atoms with Crippen LogP contribution in [0.4, 0.5) is 17.1 Å². The minimum atomic E-state index is -3.87. The van der Waals surface area contributed by atoms with Gasteiger partial charge in [-0.25, -0.2) is 8.42 Å². The van der Waals surface area contributed by atoms with Gasteiger partial charge in [0.1, 0.15) is 5.75 Å². The Morgan fingerprint density at radius 3 is 2.47 bits per heavy atom. The number of benzene rings is 3. The number of nitrogens with zero attached hydrogens (tertiary/aromatic N) is 1. The third kappa shape index (κ3) is 5.04. The first-order valence-corrected chi connectivity index (χ1v) is 12.2. The molecule has 0 aromatic heterocycles. The summed E-state index contributed by atoms with van der Waals surface area (Å²) in [5.74, 6) is -0.114. The molecule has 1 atom stereocenters. The molecular formula is C25H25N3O5S. The molecule has 0 spiro atoms. The van der Waals surface area contributed by atoms with Crippen molar-refractivity contribution in [2.24, 2.45) is 0 Å². The molecular weight excluding hydrogens is 454 g/mol. The molecule has 9 heteroatoms. The van der Waals surface area contributed by atoms with E-state index in [1.807, 2.05) is 19.1 Å². The van der Waals surface area contributed by atoms with Crippen molar-refractivity contribution < 1.29 is 22.7 Å². The summed E-state index contributed by atoms with van der Waals surface area (Å²) in [6, 6.07) is 20.2. The highest BCUT2D eigenvalue weighted by atomic mass is 32.2. The van der Waals surface area contributed by atoms with Crippen LogP contribution in [-0.2, 0) is 19.6 Å². The standard InChI is InChI=1S/C25H25N3O5S/c1-17-8-11-20(12-9-17)28(34(31,32)21-6-4-3-5-7-21)15-14-24(29)26-19-10-13-23-22(16-19)27-25(30)18(2)33-23/h3-13,16,18H,14-15H2,1-2H3,(H,26,29)(H,27,30). The predicted octanol–water partition coefficient (Wildman–Crippen LogP) is 3.94. The van der Waals surface area contributed by atoms with Crippen molar-refractivity contribution in [1.82, 2.24) is 0 Å². The third-order valence-electron chi connectivity index (χ3n) is 5.39. The Morgan fingerprint density at radius 2 is 1.76 bits per heavy atom. The van der Waals surface area contributed by atoms with Crippen LogP contribution < -0.4 is 19.7 Å². The third-order valence-corrected chi connectivity index (χ3v) is 7.23. The number of aryl methyl sites for hydroxylation is 1. The van der Waals surface area contributed by atoms with Crippen LogP contribution in [0.2, 0.25) is 0 Å². The number of hydrogen-bond acceptors (Lipinski definition) is 5. The quantitative estimate of drug-likeness (QED) is 0.534. The van der Waals surface area contributed by atoms with E-state index in [0.717, 1.165) is 5.56 Å². The zero-order valence-corrected chi connectivity index (χ0v) is 19.6. The minimum Gasteiger partial charge on any atom is -0.479 e. The number of ether oxygens (including phenoxy) is 1. The van der Waals surface area contributed by atoms with E-state index >= 15 is 0 Å². The summed E-state index contributed by atoms with van der Waals surface area (Å²) >= 11 is 0. The second-order valence-corrected chi connectivity index (χ2v) is 9.85. The highest BCUT2D eigenvalue weighted by Gasteiger charge is 2.26. The first kappa shape index (κ1) is 23.3. The normalized spacial score (nSPS) is 15.0. The van der Waals surface area contributed by atoms with Gasteiger partial charge in [-0.2, -0.15) is 0 Å². The van der Waals surface area contributed by atoms with Crippen LogP contribution in [0.25, 0.3) is 0 Å². The van der Waals surface area contributed by atoms with Crippen molar-refractivity contribution in [3.63, 3.8) is 0 Å². The van der Waals surface area contributed by atoms with E-state index in [1.165, 1.54) is 16.4 Å². The molecule has 1 aliphatic heterocycles. The first-order valence-electron chi connectivity index (χ1n) is 10.8. The van der Waals surface area contributed by atoms with Gasteiger partial charge in [-0.05, 0) is 56.3 Å².